The molecule has 2 N–H and O–H groups in total. The van der Waals surface area contributed by atoms with Crippen LogP contribution in [0.5, 0.6) is 0 Å². The van der Waals surface area contributed by atoms with E-state index in [2.05, 4.69) is 25.4 Å². The summed E-state index contributed by atoms with van der Waals surface area (Å²) in [5.41, 5.74) is 6.64. The van der Waals surface area contributed by atoms with Gasteiger partial charge in [-0.05, 0) is 5.21 Å². The van der Waals surface area contributed by atoms with E-state index < -0.39 is 0 Å². The van der Waals surface area contributed by atoms with Gasteiger partial charge in [0, 0.05) is 25.0 Å². The molecule has 0 spiro atoms. The van der Waals surface area contributed by atoms with Gasteiger partial charge in [0.2, 0.25) is 0 Å². The van der Waals surface area contributed by atoms with Crippen molar-refractivity contribution < 1.29 is 0 Å². The summed E-state index contributed by atoms with van der Waals surface area (Å²) < 4.78 is 0. The molecule has 0 aliphatic carbocycles. The highest BCUT2D eigenvalue weighted by molar-refractivity contribution is 5.03. The van der Waals surface area contributed by atoms with E-state index in [0.717, 1.165) is 5.69 Å². The summed E-state index contributed by atoms with van der Waals surface area (Å²) in [7, 11) is 1.71. The molecule has 0 saturated carbocycles. The first-order valence-electron chi connectivity index (χ1n) is 4.50. The van der Waals surface area contributed by atoms with E-state index in [4.69, 9.17) is 5.73 Å². The third kappa shape index (κ3) is 2.32. The minimum atomic E-state index is -0.247. The summed E-state index contributed by atoms with van der Waals surface area (Å²) in [5.74, 6) is 0.607. The summed E-state index contributed by atoms with van der Waals surface area (Å²) in [6, 6.07) is -0.247. The topological polar surface area (TPSA) is 95.4 Å². The van der Waals surface area contributed by atoms with Crippen LogP contribution < -0.4 is 5.73 Å². The molecule has 2 aromatic heterocycles. The van der Waals surface area contributed by atoms with Crippen LogP contribution in [0.2, 0.25) is 0 Å². The molecule has 2 rings (SSSR count). The minimum absolute atomic E-state index is 0.247. The lowest BCUT2D eigenvalue weighted by atomic mass is 10.1. The number of nitrogens with zero attached hydrogens (tertiary/aromatic N) is 6. The van der Waals surface area contributed by atoms with E-state index in [1.807, 2.05) is 0 Å². The zero-order valence-corrected chi connectivity index (χ0v) is 8.28. The van der Waals surface area contributed by atoms with Crippen molar-refractivity contribution in [2.24, 2.45) is 12.8 Å². The number of aryl methyl sites for hydroxylation is 1. The van der Waals surface area contributed by atoms with Gasteiger partial charge < -0.3 is 5.73 Å². The molecule has 1 unspecified atom stereocenters. The van der Waals surface area contributed by atoms with Crippen LogP contribution in [0.15, 0.2) is 18.6 Å². The van der Waals surface area contributed by atoms with Crippen LogP contribution in [-0.4, -0.2) is 30.2 Å². The van der Waals surface area contributed by atoms with Crippen LogP contribution in [0.25, 0.3) is 0 Å². The first-order valence-corrected chi connectivity index (χ1v) is 4.50. The standard InChI is InChI=1S/C8H11N7/c1-15-13-8(12-14-15)4-6(9)7-5-10-2-3-11-7/h2-3,5-6H,4,9H2,1H3. The first-order chi connectivity index (χ1) is 7.25. The summed E-state index contributed by atoms with van der Waals surface area (Å²) in [6.45, 7) is 0. The Morgan fingerprint density at radius 1 is 1.47 bits per heavy atom. The van der Waals surface area contributed by atoms with Crippen LogP contribution in [0.4, 0.5) is 0 Å². The zero-order chi connectivity index (χ0) is 10.7. The maximum atomic E-state index is 5.92. The summed E-state index contributed by atoms with van der Waals surface area (Å²) >= 11 is 0. The molecule has 0 aliphatic heterocycles. The smallest absolute Gasteiger partial charge is 0.176 e. The lowest BCUT2D eigenvalue weighted by molar-refractivity contribution is 0.620. The van der Waals surface area contributed by atoms with E-state index >= 15 is 0 Å². The van der Waals surface area contributed by atoms with Crippen LogP contribution in [-0.2, 0) is 13.5 Å². The maximum absolute atomic E-state index is 5.92. The summed E-state index contributed by atoms with van der Waals surface area (Å²) in [5, 5.41) is 11.6. The number of rotatable bonds is 3. The molecular formula is C8H11N7. The van der Waals surface area contributed by atoms with E-state index in [1.165, 1.54) is 4.80 Å². The van der Waals surface area contributed by atoms with E-state index in [1.54, 1.807) is 25.6 Å². The van der Waals surface area contributed by atoms with Crippen LogP contribution in [0.1, 0.15) is 17.6 Å². The molecule has 0 radical (unpaired) electrons. The van der Waals surface area contributed by atoms with E-state index in [9.17, 15) is 0 Å². The van der Waals surface area contributed by atoms with Gasteiger partial charge in [0.25, 0.3) is 0 Å². The predicted molar refractivity (Wildman–Crippen MR) is 51.5 cm³/mol. The molecule has 2 heterocycles. The second kappa shape index (κ2) is 4.09. The molecule has 0 bridgehead atoms. The molecule has 0 saturated heterocycles. The fourth-order valence-corrected chi connectivity index (χ4v) is 1.21. The molecule has 0 aliphatic rings. The van der Waals surface area contributed by atoms with Crippen molar-refractivity contribution in [3.8, 4) is 0 Å². The van der Waals surface area contributed by atoms with Crippen molar-refractivity contribution in [1.82, 2.24) is 30.2 Å². The van der Waals surface area contributed by atoms with Gasteiger partial charge in [-0.3, -0.25) is 9.97 Å². The van der Waals surface area contributed by atoms with Gasteiger partial charge in [0.1, 0.15) is 0 Å². The average Bonchev–Trinajstić information content (AvgIpc) is 2.65. The predicted octanol–water partition coefficient (Wildman–Crippen LogP) is -0.757. The molecule has 2 aromatic rings. The molecule has 7 nitrogen and oxygen atoms in total. The minimum Gasteiger partial charge on any atom is -0.322 e. The van der Waals surface area contributed by atoms with Gasteiger partial charge in [0.15, 0.2) is 5.82 Å². The molecule has 0 fully saturated rings. The van der Waals surface area contributed by atoms with Gasteiger partial charge in [-0.25, -0.2) is 0 Å². The molecule has 1 atom stereocenters. The SMILES string of the molecule is Cn1nnc(CC(N)c2cnccn2)n1. The quantitative estimate of drug-likeness (QED) is 0.707. The molecule has 0 amide bonds. The summed E-state index contributed by atoms with van der Waals surface area (Å²) in [6.07, 6.45) is 5.36. The van der Waals surface area contributed by atoms with Crippen LogP contribution in [0, 0.1) is 0 Å². The number of aromatic nitrogens is 6. The fourth-order valence-electron chi connectivity index (χ4n) is 1.21. The van der Waals surface area contributed by atoms with Crippen molar-refractivity contribution in [3.63, 3.8) is 0 Å². The number of hydrogen-bond acceptors (Lipinski definition) is 6. The van der Waals surface area contributed by atoms with Crippen LogP contribution in [0.3, 0.4) is 0 Å². The largest absolute Gasteiger partial charge is 0.322 e. The summed E-state index contributed by atoms with van der Waals surface area (Å²) in [4.78, 5) is 9.46. The molecular weight excluding hydrogens is 194 g/mol. The highest BCUT2D eigenvalue weighted by Gasteiger charge is 2.11. The lowest BCUT2D eigenvalue weighted by Crippen LogP contribution is -2.16. The Morgan fingerprint density at radius 3 is 2.93 bits per heavy atom. The van der Waals surface area contributed by atoms with Crippen molar-refractivity contribution in [1.29, 1.82) is 0 Å². The third-order valence-corrected chi connectivity index (χ3v) is 1.92. The third-order valence-electron chi connectivity index (χ3n) is 1.92. The number of hydrogen-bond donors (Lipinski definition) is 1. The van der Waals surface area contributed by atoms with Gasteiger partial charge in [-0.1, -0.05) is 0 Å². The molecule has 15 heavy (non-hydrogen) atoms. The van der Waals surface area contributed by atoms with Crippen molar-refractivity contribution in [3.05, 3.63) is 30.1 Å². The lowest BCUT2D eigenvalue weighted by Gasteiger charge is -2.06. The molecule has 78 valence electrons. The highest BCUT2D eigenvalue weighted by atomic mass is 15.6. The van der Waals surface area contributed by atoms with Crippen LogP contribution >= 0.6 is 0 Å². The average molecular weight is 205 g/mol. The Morgan fingerprint density at radius 2 is 2.33 bits per heavy atom. The highest BCUT2D eigenvalue weighted by Crippen LogP contribution is 2.08. The Kier molecular flexibility index (Phi) is 2.64. The Balaban J connectivity index is 2.07. The van der Waals surface area contributed by atoms with Crippen molar-refractivity contribution in [2.75, 3.05) is 0 Å². The Labute approximate surface area is 86.3 Å². The Bertz CT molecular complexity index is 424. The maximum Gasteiger partial charge on any atom is 0.176 e. The zero-order valence-electron chi connectivity index (χ0n) is 8.28. The number of tetrazole rings is 1. The monoisotopic (exact) mass is 205 g/mol. The molecule has 0 aromatic carbocycles. The van der Waals surface area contributed by atoms with E-state index in [0.29, 0.717) is 12.2 Å². The second-order valence-corrected chi connectivity index (χ2v) is 3.14. The van der Waals surface area contributed by atoms with Crippen molar-refractivity contribution in [2.45, 2.75) is 12.5 Å². The van der Waals surface area contributed by atoms with Gasteiger partial charge in [0.05, 0.1) is 18.8 Å². The van der Waals surface area contributed by atoms with Gasteiger partial charge in [-0.2, -0.15) is 4.80 Å². The van der Waals surface area contributed by atoms with Crippen molar-refractivity contribution >= 4 is 0 Å². The number of nitrogens with two attached hydrogens (primary N) is 1. The van der Waals surface area contributed by atoms with Gasteiger partial charge >= 0.3 is 0 Å². The van der Waals surface area contributed by atoms with Gasteiger partial charge in [-0.15, -0.1) is 10.2 Å². The normalized spacial score (nSPS) is 12.7. The van der Waals surface area contributed by atoms with E-state index in [-0.39, 0.29) is 6.04 Å². The first kappa shape index (κ1) is 9.66. The molecule has 7 heteroatoms. The second-order valence-electron chi connectivity index (χ2n) is 3.14. The Hall–Kier alpha value is -1.89. The fraction of sp³-hybridized carbons (Fsp3) is 0.375.